The van der Waals surface area contributed by atoms with E-state index in [9.17, 15) is 9.18 Å². The van der Waals surface area contributed by atoms with Crippen molar-refractivity contribution in [1.29, 1.82) is 0 Å². The number of carbonyl (C=O) groups excluding carboxylic acids is 1. The zero-order valence-electron chi connectivity index (χ0n) is 14.6. The van der Waals surface area contributed by atoms with E-state index in [1.54, 1.807) is 29.9 Å². The van der Waals surface area contributed by atoms with Crippen molar-refractivity contribution in [2.75, 3.05) is 0 Å². The first-order chi connectivity index (χ1) is 11.3. The van der Waals surface area contributed by atoms with Crippen LogP contribution < -0.4 is 11.1 Å². The van der Waals surface area contributed by atoms with E-state index in [0.717, 1.165) is 23.4 Å². The lowest BCUT2D eigenvalue weighted by atomic mass is 9.95. The summed E-state index contributed by atoms with van der Waals surface area (Å²) in [5.74, 6) is -0.464. The average molecular weight is 332 g/mol. The van der Waals surface area contributed by atoms with Crippen LogP contribution in [-0.2, 0) is 4.79 Å². The first kappa shape index (κ1) is 18.1. The van der Waals surface area contributed by atoms with Crippen LogP contribution in [0.4, 0.5) is 4.39 Å². The van der Waals surface area contributed by atoms with Gasteiger partial charge in [-0.2, -0.15) is 5.10 Å². The fourth-order valence-corrected chi connectivity index (χ4v) is 2.76. The number of hydrogen-bond acceptors (Lipinski definition) is 3. The number of aromatic nitrogens is 2. The molecule has 0 saturated heterocycles. The standard InChI is InChI=1S/C18H25FN4O/c1-5-10-18(4,20)17(24)22-12(2)16-11-21-23(13(16)3)15-8-6-14(19)7-9-15/h6-9,11-12H,5,10,20H2,1-4H3,(H,22,24). The molecule has 2 rings (SSSR count). The van der Waals surface area contributed by atoms with E-state index < -0.39 is 5.54 Å². The molecule has 0 aliphatic rings. The molecule has 1 heterocycles. The predicted octanol–water partition coefficient (Wildman–Crippen LogP) is 3.01. The third-order valence-electron chi connectivity index (χ3n) is 4.22. The third-order valence-corrected chi connectivity index (χ3v) is 4.22. The van der Waals surface area contributed by atoms with Gasteiger partial charge in [0.1, 0.15) is 5.82 Å². The molecule has 0 radical (unpaired) electrons. The van der Waals surface area contributed by atoms with Crippen LogP contribution in [0.3, 0.4) is 0 Å². The molecule has 24 heavy (non-hydrogen) atoms. The number of benzene rings is 1. The fraction of sp³-hybridized carbons (Fsp3) is 0.444. The molecule has 2 atom stereocenters. The van der Waals surface area contributed by atoms with Gasteiger partial charge in [-0.15, -0.1) is 0 Å². The normalized spacial score (nSPS) is 14.9. The van der Waals surface area contributed by atoms with Gasteiger partial charge in [-0.1, -0.05) is 13.3 Å². The van der Waals surface area contributed by atoms with Gasteiger partial charge < -0.3 is 11.1 Å². The van der Waals surface area contributed by atoms with Crippen LogP contribution in [0.2, 0.25) is 0 Å². The van der Waals surface area contributed by atoms with Crippen molar-refractivity contribution in [1.82, 2.24) is 15.1 Å². The highest BCUT2D eigenvalue weighted by molar-refractivity contribution is 5.85. The number of nitrogens with two attached hydrogens (primary N) is 1. The lowest BCUT2D eigenvalue weighted by Crippen LogP contribution is -2.52. The summed E-state index contributed by atoms with van der Waals surface area (Å²) >= 11 is 0. The van der Waals surface area contributed by atoms with E-state index in [2.05, 4.69) is 10.4 Å². The number of amides is 1. The highest BCUT2D eigenvalue weighted by Crippen LogP contribution is 2.21. The van der Waals surface area contributed by atoms with Crippen molar-refractivity contribution >= 4 is 5.91 Å². The molecule has 130 valence electrons. The van der Waals surface area contributed by atoms with Gasteiger partial charge in [0.25, 0.3) is 0 Å². The third kappa shape index (κ3) is 3.82. The second kappa shape index (κ2) is 7.13. The van der Waals surface area contributed by atoms with E-state index >= 15 is 0 Å². The van der Waals surface area contributed by atoms with Crippen molar-refractivity contribution in [3.8, 4) is 5.69 Å². The Morgan fingerprint density at radius 1 is 1.42 bits per heavy atom. The molecule has 0 aliphatic heterocycles. The van der Waals surface area contributed by atoms with Crippen LogP contribution in [0, 0.1) is 12.7 Å². The summed E-state index contributed by atoms with van der Waals surface area (Å²) in [6.07, 6.45) is 3.19. The van der Waals surface area contributed by atoms with E-state index in [1.165, 1.54) is 12.1 Å². The second-order valence-corrected chi connectivity index (χ2v) is 6.44. The Labute approximate surface area is 142 Å². The topological polar surface area (TPSA) is 72.9 Å². The van der Waals surface area contributed by atoms with Crippen LogP contribution in [0.25, 0.3) is 5.69 Å². The summed E-state index contributed by atoms with van der Waals surface area (Å²) in [4.78, 5) is 12.4. The maximum absolute atomic E-state index is 13.1. The molecule has 1 amide bonds. The van der Waals surface area contributed by atoms with Crippen LogP contribution in [-0.4, -0.2) is 21.2 Å². The molecule has 0 saturated carbocycles. The molecule has 1 aromatic heterocycles. The SMILES string of the molecule is CCCC(C)(N)C(=O)NC(C)c1cnn(-c2ccc(F)cc2)c1C. The first-order valence-corrected chi connectivity index (χ1v) is 8.16. The maximum Gasteiger partial charge on any atom is 0.240 e. The molecule has 0 aliphatic carbocycles. The Morgan fingerprint density at radius 3 is 2.62 bits per heavy atom. The quantitative estimate of drug-likeness (QED) is 0.854. The number of nitrogens with one attached hydrogen (secondary N) is 1. The predicted molar refractivity (Wildman–Crippen MR) is 92.3 cm³/mol. The average Bonchev–Trinajstić information content (AvgIpc) is 2.89. The van der Waals surface area contributed by atoms with E-state index in [4.69, 9.17) is 5.73 Å². The number of halogens is 1. The van der Waals surface area contributed by atoms with Gasteiger partial charge in [-0.05, 0) is 51.5 Å². The molecular weight excluding hydrogens is 307 g/mol. The summed E-state index contributed by atoms with van der Waals surface area (Å²) in [5.41, 5.74) is 7.76. The lowest BCUT2D eigenvalue weighted by molar-refractivity contribution is -0.126. The molecule has 2 unspecified atom stereocenters. The van der Waals surface area contributed by atoms with Gasteiger partial charge in [0.2, 0.25) is 5.91 Å². The summed E-state index contributed by atoms with van der Waals surface area (Å²) < 4.78 is 14.8. The first-order valence-electron chi connectivity index (χ1n) is 8.16. The zero-order valence-corrected chi connectivity index (χ0v) is 14.6. The highest BCUT2D eigenvalue weighted by Gasteiger charge is 2.29. The molecule has 2 aromatic rings. The number of nitrogens with zero attached hydrogens (tertiary/aromatic N) is 2. The van der Waals surface area contributed by atoms with E-state index in [-0.39, 0.29) is 17.8 Å². The maximum atomic E-state index is 13.1. The van der Waals surface area contributed by atoms with E-state index in [0.29, 0.717) is 6.42 Å². The summed E-state index contributed by atoms with van der Waals surface area (Å²) in [5, 5.41) is 7.31. The number of hydrogen-bond donors (Lipinski definition) is 2. The monoisotopic (exact) mass is 332 g/mol. The molecular formula is C18H25FN4O. The van der Waals surface area contributed by atoms with Crippen LogP contribution in [0.5, 0.6) is 0 Å². The summed E-state index contributed by atoms with van der Waals surface area (Å²) in [6.45, 7) is 7.56. The van der Waals surface area contributed by atoms with Crippen molar-refractivity contribution in [3.63, 3.8) is 0 Å². The Hall–Kier alpha value is -2.21. The minimum Gasteiger partial charge on any atom is -0.348 e. The summed E-state index contributed by atoms with van der Waals surface area (Å²) in [7, 11) is 0. The molecule has 0 fully saturated rings. The zero-order chi connectivity index (χ0) is 17.9. The molecule has 0 bridgehead atoms. The minimum atomic E-state index is -0.885. The van der Waals surface area contributed by atoms with Crippen molar-refractivity contribution in [3.05, 3.63) is 47.5 Å². The Bertz CT molecular complexity index is 706. The molecule has 0 spiro atoms. The minimum absolute atomic E-state index is 0.175. The van der Waals surface area contributed by atoms with Gasteiger partial charge in [0.15, 0.2) is 0 Å². The van der Waals surface area contributed by atoms with Crippen molar-refractivity contribution in [2.24, 2.45) is 5.73 Å². The Balaban J connectivity index is 2.18. The Morgan fingerprint density at radius 2 is 2.04 bits per heavy atom. The second-order valence-electron chi connectivity index (χ2n) is 6.44. The van der Waals surface area contributed by atoms with Gasteiger partial charge in [0.05, 0.1) is 23.5 Å². The van der Waals surface area contributed by atoms with Crippen LogP contribution in [0.1, 0.15) is 50.9 Å². The fourth-order valence-electron chi connectivity index (χ4n) is 2.76. The smallest absolute Gasteiger partial charge is 0.240 e. The molecule has 5 nitrogen and oxygen atoms in total. The summed E-state index contributed by atoms with van der Waals surface area (Å²) in [6, 6.07) is 5.91. The van der Waals surface area contributed by atoms with Gasteiger partial charge >= 0.3 is 0 Å². The lowest BCUT2D eigenvalue weighted by Gasteiger charge is -2.25. The molecule has 6 heteroatoms. The van der Waals surface area contributed by atoms with Gasteiger partial charge in [-0.25, -0.2) is 9.07 Å². The molecule has 1 aromatic carbocycles. The number of rotatable bonds is 6. The Kier molecular flexibility index (Phi) is 5.39. The highest BCUT2D eigenvalue weighted by atomic mass is 19.1. The van der Waals surface area contributed by atoms with Gasteiger partial charge in [-0.3, -0.25) is 4.79 Å². The molecule has 3 N–H and O–H groups in total. The van der Waals surface area contributed by atoms with E-state index in [1.807, 2.05) is 20.8 Å². The van der Waals surface area contributed by atoms with Crippen LogP contribution in [0.15, 0.2) is 30.5 Å². The van der Waals surface area contributed by atoms with Crippen molar-refractivity contribution in [2.45, 2.75) is 52.1 Å². The van der Waals surface area contributed by atoms with Crippen LogP contribution >= 0.6 is 0 Å². The number of carbonyl (C=O) groups is 1. The van der Waals surface area contributed by atoms with Crippen molar-refractivity contribution < 1.29 is 9.18 Å². The van der Waals surface area contributed by atoms with Gasteiger partial charge in [0, 0.05) is 11.3 Å². The largest absolute Gasteiger partial charge is 0.348 e.